The Morgan fingerprint density at radius 3 is 2.90 bits per heavy atom. The third kappa shape index (κ3) is 1.12. The molecule has 3 aromatic heterocycles. The molecule has 3 N–H and O–H groups in total. The quantitative estimate of drug-likeness (QED) is 0.507. The summed E-state index contributed by atoms with van der Waals surface area (Å²) in [4.78, 5) is 4.55. The zero-order valence-electron chi connectivity index (χ0n) is 10.7. The summed E-state index contributed by atoms with van der Waals surface area (Å²) in [5, 5.41) is 17.3. The van der Waals surface area contributed by atoms with E-state index in [1.54, 1.807) is 0 Å². The molecular formula is C14H10N6. The molecule has 0 aliphatic rings. The second-order valence-electron chi connectivity index (χ2n) is 4.71. The Morgan fingerprint density at radius 1 is 1.30 bits per heavy atom. The zero-order chi connectivity index (χ0) is 13.9. The van der Waals surface area contributed by atoms with E-state index in [4.69, 9.17) is 5.73 Å². The van der Waals surface area contributed by atoms with Crippen LogP contribution in [0.25, 0.3) is 27.7 Å². The first-order valence-electron chi connectivity index (χ1n) is 6.15. The fourth-order valence-electron chi connectivity index (χ4n) is 2.71. The summed E-state index contributed by atoms with van der Waals surface area (Å²) in [6.07, 6.45) is 0. The number of anilines is 1. The summed E-state index contributed by atoms with van der Waals surface area (Å²) in [6, 6.07) is 9.95. The molecule has 0 saturated carbocycles. The highest BCUT2D eigenvalue weighted by molar-refractivity contribution is 5.98. The standard InChI is InChI=1S/C14H10N6/c1-7-8(6-15)13-17-9-4-2-3-5-10(9)20(13)14-11(7)12(16)18-19-14/h2-5H,1H3,(H3,16,18,19). The third-order valence-electron chi connectivity index (χ3n) is 3.63. The lowest BCUT2D eigenvalue weighted by atomic mass is 10.1. The molecule has 6 nitrogen and oxygen atoms in total. The first kappa shape index (κ1) is 10.8. The van der Waals surface area contributed by atoms with Gasteiger partial charge in [0, 0.05) is 0 Å². The van der Waals surface area contributed by atoms with E-state index in [1.807, 2.05) is 35.6 Å². The molecule has 0 bridgehead atoms. The number of fused-ring (bicyclic) bond motifs is 5. The van der Waals surface area contributed by atoms with Crippen LogP contribution in [0.15, 0.2) is 24.3 Å². The molecule has 0 unspecified atom stereocenters. The van der Waals surface area contributed by atoms with Crippen LogP contribution in [-0.4, -0.2) is 19.6 Å². The number of nitriles is 1. The van der Waals surface area contributed by atoms with Crippen LogP contribution in [0.4, 0.5) is 5.82 Å². The number of nitrogens with two attached hydrogens (primary N) is 1. The third-order valence-corrected chi connectivity index (χ3v) is 3.63. The lowest BCUT2D eigenvalue weighted by Gasteiger charge is -2.04. The molecule has 0 saturated heterocycles. The number of aromatic amines is 1. The number of benzene rings is 1. The van der Waals surface area contributed by atoms with Gasteiger partial charge in [-0.05, 0) is 24.6 Å². The lowest BCUT2D eigenvalue weighted by Crippen LogP contribution is -1.96. The number of hydrogen-bond donors (Lipinski definition) is 2. The van der Waals surface area contributed by atoms with Crippen molar-refractivity contribution < 1.29 is 0 Å². The zero-order valence-corrected chi connectivity index (χ0v) is 10.7. The van der Waals surface area contributed by atoms with Crippen molar-refractivity contribution in [3.63, 3.8) is 0 Å². The van der Waals surface area contributed by atoms with E-state index < -0.39 is 0 Å². The van der Waals surface area contributed by atoms with Crippen molar-refractivity contribution in [3.05, 3.63) is 35.4 Å². The Balaban J connectivity index is 2.45. The van der Waals surface area contributed by atoms with Crippen molar-refractivity contribution in [1.82, 2.24) is 19.6 Å². The number of hydrogen-bond acceptors (Lipinski definition) is 4. The van der Waals surface area contributed by atoms with Crippen molar-refractivity contribution in [3.8, 4) is 6.07 Å². The lowest BCUT2D eigenvalue weighted by molar-refractivity contribution is 1.09. The minimum absolute atomic E-state index is 0.466. The summed E-state index contributed by atoms with van der Waals surface area (Å²) >= 11 is 0. The first-order valence-corrected chi connectivity index (χ1v) is 6.15. The number of nitrogens with one attached hydrogen (secondary N) is 1. The van der Waals surface area contributed by atoms with Gasteiger partial charge >= 0.3 is 0 Å². The highest BCUT2D eigenvalue weighted by atomic mass is 15.2. The van der Waals surface area contributed by atoms with Gasteiger partial charge in [0.2, 0.25) is 0 Å². The minimum Gasteiger partial charge on any atom is -0.384 e. The molecule has 0 spiro atoms. The van der Waals surface area contributed by atoms with Gasteiger partial charge in [0.15, 0.2) is 11.3 Å². The van der Waals surface area contributed by atoms with Gasteiger partial charge in [-0.1, -0.05) is 12.1 Å². The fraction of sp³-hybridized carbons (Fsp3) is 0.0714. The van der Waals surface area contributed by atoms with Crippen molar-refractivity contribution in [2.75, 3.05) is 5.73 Å². The van der Waals surface area contributed by atoms with Gasteiger partial charge in [0.1, 0.15) is 11.9 Å². The molecule has 0 amide bonds. The van der Waals surface area contributed by atoms with Crippen molar-refractivity contribution in [2.45, 2.75) is 6.92 Å². The van der Waals surface area contributed by atoms with Crippen molar-refractivity contribution in [1.29, 1.82) is 5.26 Å². The number of H-pyrrole nitrogens is 1. The predicted molar refractivity (Wildman–Crippen MR) is 76.2 cm³/mol. The summed E-state index contributed by atoms with van der Waals surface area (Å²) in [6.45, 7) is 1.87. The SMILES string of the molecule is Cc1c(C#N)c2nc3ccccc3n2c2n[nH]c(N)c12. The van der Waals surface area contributed by atoms with Crippen LogP contribution in [0, 0.1) is 18.3 Å². The number of aromatic nitrogens is 4. The molecule has 6 heteroatoms. The Kier molecular flexibility index (Phi) is 1.88. The number of para-hydroxylation sites is 2. The molecular weight excluding hydrogens is 252 g/mol. The van der Waals surface area contributed by atoms with Crippen LogP contribution in [-0.2, 0) is 0 Å². The molecule has 3 heterocycles. The van der Waals surface area contributed by atoms with E-state index in [-0.39, 0.29) is 0 Å². The average molecular weight is 262 g/mol. The Hall–Kier alpha value is -3.07. The number of rotatable bonds is 0. The Labute approximate surface area is 113 Å². The molecule has 0 radical (unpaired) electrons. The summed E-state index contributed by atoms with van der Waals surface area (Å²) in [5.41, 5.74) is 10.3. The van der Waals surface area contributed by atoms with Gasteiger partial charge in [0.05, 0.1) is 22.0 Å². The summed E-state index contributed by atoms with van der Waals surface area (Å²) in [5.74, 6) is 0.466. The number of nitrogens with zero attached hydrogens (tertiary/aromatic N) is 4. The van der Waals surface area contributed by atoms with Crippen LogP contribution in [0.3, 0.4) is 0 Å². The van der Waals surface area contributed by atoms with Crippen LogP contribution in [0.5, 0.6) is 0 Å². The maximum absolute atomic E-state index is 9.45. The van der Waals surface area contributed by atoms with Crippen LogP contribution >= 0.6 is 0 Å². The monoisotopic (exact) mass is 262 g/mol. The maximum Gasteiger partial charge on any atom is 0.170 e. The summed E-state index contributed by atoms with van der Waals surface area (Å²) in [7, 11) is 0. The number of imidazole rings is 1. The van der Waals surface area contributed by atoms with Gasteiger partial charge in [-0.25, -0.2) is 4.98 Å². The fourth-order valence-corrected chi connectivity index (χ4v) is 2.71. The molecule has 0 atom stereocenters. The molecule has 0 aliphatic heterocycles. The van der Waals surface area contributed by atoms with Crippen molar-refractivity contribution in [2.24, 2.45) is 0 Å². The highest BCUT2D eigenvalue weighted by Gasteiger charge is 2.19. The van der Waals surface area contributed by atoms with E-state index in [0.717, 1.165) is 22.0 Å². The maximum atomic E-state index is 9.45. The van der Waals surface area contributed by atoms with Crippen molar-refractivity contribution >= 4 is 33.5 Å². The predicted octanol–water partition coefficient (Wildman–Crippen LogP) is 2.13. The highest BCUT2D eigenvalue weighted by Crippen LogP contribution is 2.30. The van der Waals surface area contributed by atoms with E-state index >= 15 is 0 Å². The van der Waals surface area contributed by atoms with E-state index in [1.165, 1.54) is 0 Å². The number of pyridine rings is 1. The second-order valence-corrected chi connectivity index (χ2v) is 4.71. The van der Waals surface area contributed by atoms with E-state index in [9.17, 15) is 5.26 Å². The minimum atomic E-state index is 0.466. The molecule has 1 aromatic carbocycles. The molecule has 0 fully saturated rings. The smallest absolute Gasteiger partial charge is 0.170 e. The van der Waals surface area contributed by atoms with E-state index in [2.05, 4.69) is 21.3 Å². The molecule has 4 rings (SSSR count). The first-order chi connectivity index (χ1) is 9.72. The number of nitrogen functional groups attached to an aromatic ring is 1. The number of aryl methyl sites for hydroxylation is 1. The van der Waals surface area contributed by atoms with Gasteiger partial charge in [-0.2, -0.15) is 10.4 Å². The van der Waals surface area contributed by atoms with Gasteiger partial charge < -0.3 is 5.73 Å². The molecule has 20 heavy (non-hydrogen) atoms. The Bertz CT molecular complexity index is 1030. The van der Waals surface area contributed by atoms with Crippen LogP contribution in [0.1, 0.15) is 11.1 Å². The summed E-state index contributed by atoms with van der Waals surface area (Å²) < 4.78 is 1.88. The van der Waals surface area contributed by atoms with Gasteiger partial charge in [-0.3, -0.25) is 9.50 Å². The molecule has 0 aliphatic carbocycles. The average Bonchev–Trinajstić information content (AvgIpc) is 3.00. The topological polar surface area (TPSA) is 95.8 Å². The van der Waals surface area contributed by atoms with Crippen LogP contribution < -0.4 is 5.73 Å². The Morgan fingerprint density at radius 2 is 2.10 bits per heavy atom. The second kappa shape index (κ2) is 3.48. The molecule has 4 aromatic rings. The molecule has 96 valence electrons. The van der Waals surface area contributed by atoms with E-state index in [0.29, 0.717) is 22.7 Å². The van der Waals surface area contributed by atoms with Crippen LogP contribution in [0.2, 0.25) is 0 Å². The van der Waals surface area contributed by atoms with Gasteiger partial charge in [-0.15, -0.1) is 0 Å². The van der Waals surface area contributed by atoms with Gasteiger partial charge in [0.25, 0.3) is 0 Å². The largest absolute Gasteiger partial charge is 0.384 e. The normalized spacial score (nSPS) is 11.4.